The van der Waals surface area contributed by atoms with Gasteiger partial charge in [-0.05, 0) is 80.5 Å². The van der Waals surface area contributed by atoms with Gasteiger partial charge in [0.2, 0.25) is 11.8 Å². The molecule has 4 N–H and O–H groups in total. The summed E-state index contributed by atoms with van der Waals surface area (Å²) in [6.07, 6.45) is 2.45. The van der Waals surface area contributed by atoms with Gasteiger partial charge in [-0.3, -0.25) is 45.3 Å². The van der Waals surface area contributed by atoms with Crippen LogP contribution in [0.2, 0.25) is 5.02 Å². The maximum Gasteiger partial charge on any atom is 0.255 e. The molecule has 2 atom stereocenters. The lowest BCUT2D eigenvalue weighted by atomic mass is 9.98. The molecule has 0 saturated carbocycles. The molecule has 4 aliphatic heterocycles. The number of likely N-dealkylation sites (tertiary alicyclic amines) is 1. The number of piperidine rings is 1. The number of aliphatic imine (C=N–C) groups is 1. The molecule has 12 nitrogen and oxygen atoms in total. The van der Waals surface area contributed by atoms with Gasteiger partial charge in [0.25, 0.3) is 5.91 Å². The Hall–Kier alpha value is -5.68. The summed E-state index contributed by atoms with van der Waals surface area (Å²) < 4.78 is 0. The number of pyridine rings is 1. The van der Waals surface area contributed by atoms with Crippen LogP contribution in [0.3, 0.4) is 0 Å². The predicted molar refractivity (Wildman–Crippen MR) is 219 cm³/mol. The van der Waals surface area contributed by atoms with Crippen molar-refractivity contribution in [1.82, 2.24) is 20.1 Å². The monoisotopic (exact) mass is 785 g/mol. The SMILES string of the molecule is CC(=N)N1C(=N)[C@H](C)N=C(c2ccc(Cl)cc2)c2c1sc(C#Cc1ccc(CN3CC(CNc4cccc5c4CN(C4CCC(=O)NC4=O)C5=O)C3)cn1)c2C. The molecule has 2 aromatic heterocycles. The first-order valence-electron chi connectivity index (χ1n) is 18.6. The Morgan fingerprint density at radius 2 is 1.88 bits per heavy atom. The molecule has 56 heavy (non-hydrogen) atoms. The van der Waals surface area contributed by atoms with Crippen molar-refractivity contribution in [2.45, 2.75) is 58.8 Å². The Morgan fingerprint density at radius 3 is 2.59 bits per heavy atom. The molecule has 4 aromatic rings. The molecule has 8 rings (SSSR count). The zero-order valence-corrected chi connectivity index (χ0v) is 32.8. The largest absolute Gasteiger partial charge is 0.384 e. The summed E-state index contributed by atoms with van der Waals surface area (Å²) in [4.78, 5) is 53.3. The standard InChI is InChI=1S/C42H40ClN9O3S/c1-23-35(56-42-37(23)38(28-8-10-29(43)11-9-28)48-24(2)39(45)52(42)25(3)44)15-13-30-12-7-26(17-46-30)19-50-20-27(21-50)18-47-33-6-4-5-31-32(33)22-51(41(31)55)34-14-16-36(53)49-40(34)54/h4-12,17,24,27,34,44-45,47H,14,16,18-22H2,1-3H3,(H,49,53,54)/t24-,34?/m0/s1. The van der Waals surface area contributed by atoms with E-state index < -0.39 is 18.0 Å². The zero-order valence-electron chi connectivity index (χ0n) is 31.2. The summed E-state index contributed by atoms with van der Waals surface area (Å²) in [6.45, 7) is 9.31. The number of hydrogen-bond donors (Lipinski definition) is 4. The minimum absolute atomic E-state index is 0.171. The average Bonchev–Trinajstić information content (AvgIpc) is 3.63. The molecule has 3 amide bonds. The number of aromatic nitrogens is 1. The smallest absolute Gasteiger partial charge is 0.255 e. The normalized spacial score (nSPS) is 19.7. The maximum absolute atomic E-state index is 13.2. The van der Waals surface area contributed by atoms with Crippen molar-refractivity contribution in [1.29, 1.82) is 10.8 Å². The summed E-state index contributed by atoms with van der Waals surface area (Å²) >= 11 is 7.66. The van der Waals surface area contributed by atoms with Crippen LogP contribution in [0.1, 0.15) is 75.4 Å². The van der Waals surface area contributed by atoms with Gasteiger partial charge in [0.1, 0.15) is 34.4 Å². The van der Waals surface area contributed by atoms with Crippen molar-refractivity contribution in [3.05, 3.63) is 110 Å². The van der Waals surface area contributed by atoms with Crippen LogP contribution >= 0.6 is 22.9 Å². The highest BCUT2D eigenvalue weighted by Crippen LogP contribution is 2.40. The Morgan fingerprint density at radius 1 is 1.09 bits per heavy atom. The Labute approximate surface area is 334 Å². The third kappa shape index (κ3) is 7.11. The summed E-state index contributed by atoms with van der Waals surface area (Å²) in [6, 6.07) is 16.1. The van der Waals surface area contributed by atoms with Gasteiger partial charge in [-0.2, -0.15) is 0 Å². The minimum Gasteiger partial charge on any atom is -0.384 e. The quantitative estimate of drug-likeness (QED) is 0.0795. The van der Waals surface area contributed by atoms with Crippen LogP contribution in [-0.2, 0) is 22.7 Å². The number of rotatable bonds is 7. The molecule has 2 aromatic carbocycles. The number of nitrogens with zero attached hydrogens (tertiary/aromatic N) is 5. The van der Waals surface area contributed by atoms with Gasteiger partial charge in [0.05, 0.1) is 10.6 Å². The Kier molecular flexibility index (Phi) is 10.0. The number of carbonyl (C=O) groups is 3. The molecule has 4 aliphatic rings. The van der Waals surface area contributed by atoms with Gasteiger partial charge in [0.15, 0.2) is 0 Å². The van der Waals surface area contributed by atoms with Gasteiger partial charge in [-0.25, -0.2) is 4.98 Å². The van der Waals surface area contributed by atoms with E-state index in [0.29, 0.717) is 35.2 Å². The molecule has 6 heterocycles. The predicted octanol–water partition coefficient (Wildman–Crippen LogP) is 5.83. The Balaban J connectivity index is 0.893. The molecule has 0 radical (unpaired) electrons. The highest BCUT2D eigenvalue weighted by Gasteiger charge is 2.40. The van der Waals surface area contributed by atoms with Gasteiger partial charge in [-0.1, -0.05) is 35.9 Å². The second kappa shape index (κ2) is 15.1. The number of hydrogen-bond acceptors (Lipinski definition) is 10. The lowest BCUT2D eigenvalue weighted by Crippen LogP contribution is -2.52. The van der Waals surface area contributed by atoms with E-state index in [4.69, 9.17) is 27.4 Å². The number of imide groups is 1. The Bertz CT molecular complexity index is 2390. The first kappa shape index (κ1) is 37.3. The van der Waals surface area contributed by atoms with Crippen molar-refractivity contribution in [2.24, 2.45) is 10.9 Å². The first-order chi connectivity index (χ1) is 26.9. The average molecular weight is 786 g/mol. The van der Waals surface area contributed by atoms with Crippen molar-refractivity contribution in [3.8, 4) is 11.8 Å². The third-order valence-electron chi connectivity index (χ3n) is 10.7. The third-order valence-corrected chi connectivity index (χ3v) is 12.2. The van der Waals surface area contributed by atoms with Crippen LogP contribution < -0.4 is 15.5 Å². The number of nitrogens with one attached hydrogen (secondary N) is 4. The van der Waals surface area contributed by atoms with E-state index >= 15 is 0 Å². The number of fused-ring (bicyclic) bond motifs is 2. The van der Waals surface area contributed by atoms with E-state index in [9.17, 15) is 14.4 Å². The van der Waals surface area contributed by atoms with E-state index in [2.05, 4.69) is 38.4 Å². The molecule has 14 heteroatoms. The van der Waals surface area contributed by atoms with Gasteiger partial charge in [-0.15, -0.1) is 11.3 Å². The van der Waals surface area contributed by atoms with E-state index in [1.807, 2.05) is 62.5 Å². The van der Waals surface area contributed by atoms with Crippen LogP contribution in [0.15, 0.2) is 65.8 Å². The summed E-state index contributed by atoms with van der Waals surface area (Å²) in [5, 5.41) is 24.7. The maximum atomic E-state index is 13.2. The lowest BCUT2D eigenvalue weighted by molar-refractivity contribution is -0.136. The molecule has 284 valence electrons. The molecule has 0 bridgehead atoms. The number of amides is 3. The topological polar surface area (TPSA) is 158 Å². The fraction of sp³-hybridized carbons (Fsp3) is 0.310. The van der Waals surface area contributed by atoms with Crippen molar-refractivity contribution in [2.75, 3.05) is 29.9 Å². The summed E-state index contributed by atoms with van der Waals surface area (Å²) in [7, 11) is 0. The number of halogens is 1. The number of amidine groups is 2. The summed E-state index contributed by atoms with van der Waals surface area (Å²) in [5.41, 5.74) is 7.61. The van der Waals surface area contributed by atoms with E-state index in [-0.39, 0.29) is 29.9 Å². The van der Waals surface area contributed by atoms with Crippen molar-refractivity contribution < 1.29 is 14.4 Å². The van der Waals surface area contributed by atoms with Crippen LogP contribution in [-0.4, -0.2) is 81.6 Å². The van der Waals surface area contributed by atoms with E-state index in [1.54, 1.807) is 22.8 Å². The number of carbonyl (C=O) groups excluding carboxylic acids is 3. The van der Waals surface area contributed by atoms with Crippen molar-refractivity contribution in [3.63, 3.8) is 0 Å². The van der Waals surface area contributed by atoms with Crippen LogP contribution in [0.5, 0.6) is 0 Å². The molecule has 0 aliphatic carbocycles. The number of thiophene rings is 1. The van der Waals surface area contributed by atoms with Crippen LogP contribution in [0.4, 0.5) is 10.7 Å². The highest BCUT2D eigenvalue weighted by atomic mass is 35.5. The minimum atomic E-state index is -0.632. The van der Waals surface area contributed by atoms with Crippen LogP contribution in [0, 0.1) is 35.5 Å². The number of benzene rings is 2. The second-order valence-corrected chi connectivity index (χ2v) is 16.1. The van der Waals surface area contributed by atoms with Gasteiger partial charge >= 0.3 is 0 Å². The molecular formula is C42H40ClN9O3S. The molecule has 2 saturated heterocycles. The lowest BCUT2D eigenvalue weighted by Gasteiger charge is -2.39. The fourth-order valence-electron chi connectivity index (χ4n) is 7.74. The number of anilines is 2. The first-order valence-corrected chi connectivity index (χ1v) is 19.8. The molecule has 1 unspecified atom stereocenters. The highest BCUT2D eigenvalue weighted by molar-refractivity contribution is 7.17. The molecule has 2 fully saturated rings. The second-order valence-electron chi connectivity index (χ2n) is 14.7. The molecule has 0 spiro atoms. The van der Waals surface area contributed by atoms with Gasteiger partial charge < -0.3 is 10.2 Å². The van der Waals surface area contributed by atoms with E-state index in [0.717, 1.165) is 75.3 Å². The zero-order chi connectivity index (χ0) is 39.2. The fourth-order valence-corrected chi connectivity index (χ4v) is 9.10. The van der Waals surface area contributed by atoms with Crippen LogP contribution in [0.25, 0.3) is 0 Å². The molecular weight excluding hydrogens is 746 g/mol. The summed E-state index contributed by atoms with van der Waals surface area (Å²) in [5.74, 6) is 6.62. The van der Waals surface area contributed by atoms with Crippen molar-refractivity contribution >= 4 is 68.7 Å². The van der Waals surface area contributed by atoms with Gasteiger partial charge in [0, 0.05) is 84.2 Å². The van der Waals surface area contributed by atoms with E-state index in [1.165, 1.54) is 11.3 Å².